The first-order valence-electron chi connectivity index (χ1n) is 9.10. The normalized spacial score (nSPS) is 13.5. The van der Waals surface area contributed by atoms with Crippen LogP contribution >= 0.6 is 11.6 Å². The molecule has 0 fully saturated rings. The molecule has 0 radical (unpaired) electrons. The molecule has 1 rings (SSSR count). The Labute approximate surface area is 170 Å². The summed E-state index contributed by atoms with van der Waals surface area (Å²) in [5.74, 6) is -2.93. The van der Waals surface area contributed by atoms with Crippen molar-refractivity contribution in [3.8, 4) is 0 Å². The van der Waals surface area contributed by atoms with Gasteiger partial charge in [-0.25, -0.2) is 9.86 Å². The third kappa shape index (κ3) is 7.13. The number of ether oxygens (including phenoxy) is 1. The lowest BCUT2D eigenvalue weighted by Crippen LogP contribution is -2.52. The van der Waals surface area contributed by atoms with Crippen LogP contribution < -0.4 is 5.73 Å². The minimum Gasteiger partial charge on any atom is -0.467 e. The molecule has 0 unspecified atom stereocenters. The summed E-state index contributed by atoms with van der Waals surface area (Å²) < 4.78 is 4.72. The summed E-state index contributed by atoms with van der Waals surface area (Å²) in [5.41, 5.74) is 5.55. The number of carbonyl (C=O) groups is 3. The summed E-state index contributed by atoms with van der Waals surface area (Å²) in [7, 11) is 1.19. The molecule has 1 aromatic carbocycles. The number of carbonyl (C=O) groups excluding carboxylic acids is 3. The van der Waals surface area contributed by atoms with E-state index in [0.717, 1.165) is 5.56 Å². The number of methoxy groups -OCH3 is 1. The number of nitrogens with two attached hydrogens (primary N) is 1. The lowest BCUT2D eigenvalue weighted by molar-refractivity contribution is -0.201. The smallest absolute Gasteiger partial charge is 0.331 e. The number of hydroxylamine groups is 2. The fourth-order valence-electron chi connectivity index (χ4n) is 3.01. The van der Waals surface area contributed by atoms with E-state index in [-0.39, 0.29) is 6.42 Å². The van der Waals surface area contributed by atoms with E-state index in [2.05, 4.69) is 0 Å². The van der Waals surface area contributed by atoms with Gasteiger partial charge >= 0.3 is 5.97 Å². The zero-order valence-electron chi connectivity index (χ0n) is 16.8. The van der Waals surface area contributed by atoms with Crippen LogP contribution in [0.4, 0.5) is 0 Å². The number of nitrogens with zero attached hydrogens (tertiary/aromatic N) is 1. The minimum absolute atomic E-state index is 0.214. The Morgan fingerprint density at radius 1 is 1.21 bits per heavy atom. The molecule has 2 amide bonds. The fraction of sp³-hybridized carbons (Fsp3) is 0.550. The second-order valence-electron chi connectivity index (χ2n) is 7.86. The molecule has 3 N–H and O–H groups in total. The van der Waals surface area contributed by atoms with Gasteiger partial charge in [-0.3, -0.25) is 14.8 Å². The molecule has 0 aliphatic heterocycles. The van der Waals surface area contributed by atoms with Crippen LogP contribution in [0.1, 0.15) is 45.6 Å². The van der Waals surface area contributed by atoms with E-state index >= 15 is 0 Å². The van der Waals surface area contributed by atoms with Crippen molar-refractivity contribution in [1.29, 1.82) is 0 Å². The zero-order chi connectivity index (χ0) is 21.5. The van der Waals surface area contributed by atoms with Gasteiger partial charge < -0.3 is 10.5 Å². The number of hydrogen-bond acceptors (Lipinski definition) is 5. The summed E-state index contributed by atoms with van der Waals surface area (Å²) in [6.07, 6.45) is 1.39. The van der Waals surface area contributed by atoms with Crippen LogP contribution in [0.5, 0.6) is 0 Å². The van der Waals surface area contributed by atoms with Crippen LogP contribution in [-0.4, -0.2) is 41.2 Å². The largest absolute Gasteiger partial charge is 0.467 e. The van der Waals surface area contributed by atoms with E-state index in [1.807, 2.05) is 12.1 Å². The van der Waals surface area contributed by atoms with E-state index in [1.54, 1.807) is 32.9 Å². The molecule has 8 heteroatoms. The maximum Gasteiger partial charge on any atom is 0.331 e. The molecule has 0 saturated carbocycles. The van der Waals surface area contributed by atoms with Gasteiger partial charge in [0.05, 0.1) is 7.11 Å². The number of primary amides is 1. The fourth-order valence-corrected chi connectivity index (χ4v) is 3.13. The van der Waals surface area contributed by atoms with Gasteiger partial charge in [0.25, 0.3) is 0 Å². The van der Waals surface area contributed by atoms with Crippen LogP contribution in [0.25, 0.3) is 0 Å². The number of rotatable bonds is 9. The van der Waals surface area contributed by atoms with Crippen molar-refractivity contribution < 1.29 is 24.3 Å². The SMILES string of the molecule is COC(=O)[C@@H](N(O)C(=O)[C@H](CCCc1ccc(Cl)cc1)CC(N)=O)C(C)(C)C. The highest BCUT2D eigenvalue weighted by atomic mass is 35.5. The number of benzene rings is 1. The van der Waals surface area contributed by atoms with Gasteiger partial charge in [-0.05, 0) is 42.4 Å². The van der Waals surface area contributed by atoms with Crippen LogP contribution in [0.2, 0.25) is 5.02 Å². The van der Waals surface area contributed by atoms with Crippen LogP contribution in [0.15, 0.2) is 24.3 Å². The lowest BCUT2D eigenvalue weighted by Gasteiger charge is -2.35. The molecule has 0 bridgehead atoms. The zero-order valence-corrected chi connectivity index (χ0v) is 17.5. The van der Waals surface area contributed by atoms with Crippen molar-refractivity contribution in [1.82, 2.24) is 5.06 Å². The molecular formula is C20H29ClN2O5. The minimum atomic E-state index is -1.20. The van der Waals surface area contributed by atoms with E-state index in [1.165, 1.54) is 7.11 Å². The molecule has 7 nitrogen and oxygen atoms in total. The van der Waals surface area contributed by atoms with Gasteiger partial charge in [0.15, 0.2) is 6.04 Å². The van der Waals surface area contributed by atoms with E-state index < -0.39 is 35.2 Å². The number of halogens is 1. The number of esters is 1. The van der Waals surface area contributed by atoms with Crippen LogP contribution in [0.3, 0.4) is 0 Å². The number of hydrogen-bond donors (Lipinski definition) is 2. The molecule has 2 atom stereocenters. The lowest BCUT2D eigenvalue weighted by atomic mass is 9.85. The third-order valence-electron chi connectivity index (χ3n) is 4.44. The Balaban J connectivity index is 2.88. The van der Waals surface area contributed by atoms with Gasteiger partial charge in [0.2, 0.25) is 11.8 Å². The first kappa shape index (κ1) is 23.9. The Kier molecular flexibility index (Phi) is 8.91. The average Bonchev–Trinajstić information content (AvgIpc) is 2.60. The predicted molar refractivity (Wildman–Crippen MR) is 106 cm³/mol. The molecular weight excluding hydrogens is 384 g/mol. The first-order valence-corrected chi connectivity index (χ1v) is 9.47. The predicted octanol–water partition coefficient (Wildman–Crippen LogP) is 2.96. The number of aryl methyl sites for hydroxylation is 1. The van der Waals surface area contributed by atoms with Crippen molar-refractivity contribution in [2.24, 2.45) is 17.1 Å². The van der Waals surface area contributed by atoms with Gasteiger partial charge in [-0.2, -0.15) is 0 Å². The van der Waals surface area contributed by atoms with Crippen molar-refractivity contribution in [3.05, 3.63) is 34.9 Å². The highest BCUT2D eigenvalue weighted by molar-refractivity contribution is 6.30. The maximum absolute atomic E-state index is 12.8. The van der Waals surface area contributed by atoms with Crippen molar-refractivity contribution in [2.75, 3.05) is 7.11 Å². The van der Waals surface area contributed by atoms with Crippen LogP contribution in [0, 0.1) is 11.3 Å². The van der Waals surface area contributed by atoms with Gasteiger partial charge in [-0.15, -0.1) is 0 Å². The van der Waals surface area contributed by atoms with Gasteiger partial charge in [0, 0.05) is 17.4 Å². The van der Waals surface area contributed by atoms with Gasteiger partial charge in [-0.1, -0.05) is 44.5 Å². The topological polar surface area (TPSA) is 110 Å². The first-order chi connectivity index (χ1) is 13.0. The monoisotopic (exact) mass is 412 g/mol. The summed E-state index contributed by atoms with van der Waals surface area (Å²) in [6.45, 7) is 5.11. The van der Waals surface area contributed by atoms with E-state index in [4.69, 9.17) is 22.1 Å². The summed E-state index contributed by atoms with van der Waals surface area (Å²) in [6, 6.07) is 6.14. The average molecular weight is 413 g/mol. The molecule has 156 valence electrons. The molecule has 0 spiro atoms. The number of amides is 2. The van der Waals surface area contributed by atoms with Crippen molar-refractivity contribution >= 4 is 29.4 Å². The second kappa shape index (κ2) is 10.4. The standard InChI is InChI=1S/C20H29ClN2O5/c1-20(2,3)17(19(26)28-4)23(27)18(25)14(12-16(22)24)7-5-6-13-8-10-15(21)11-9-13/h8-11,14,17,27H,5-7,12H2,1-4H3,(H2,22,24)/t14-,17-/m1/s1. The highest BCUT2D eigenvalue weighted by Crippen LogP contribution is 2.27. The second-order valence-corrected chi connectivity index (χ2v) is 8.30. The molecule has 28 heavy (non-hydrogen) atoms. The Morgan fingerprint density at radius 3 is 2.25 bits per heavy atom. The molecule has 0 aromatic heterocycles. The Morgan fingerprint density at radius 2 is 1.79 bits per heavy atom. The molecule has 1 aromatic rings. The van der Waals surface area contributed by atoms with Crippen molar-refractivity contribution in [2.45, 2.75) is 52.5 Å². The Hall–Kier alpha value is -2.12. The van der Waals surface area contributed by atoms with Crippen molar-refractivity contribution in [3.63, 3.8) is 0 Å². The van der Waals surface area contributed by atoms with E-state index in [0.29, 0.717) is 29.3 Å². The quantitative estimate of drug-likeness (QED) is 0.368. The van der Waals surface area contributed by atoms with Gasteiger partial charge in [0.1, 0.15) is 0 Å². The maximum atomic E-state index is 12.8. The highest BCUT2D eigenvalue weighted by Gasteiger charge is 2.41. The molecule has 0 heterocycles. The Bertz CT molecular complexity index is 685. The summed E-state index contributed by atoms with van der Waals surface area (Å²) in [5, 5.41) is 11.5. The molecule has 0 saturated heterocycles. The van der Waals surface area contributed by atoms with Crippen LogP contribution in [-0.2, 0) is 25.5 Å². The summed E-state index contributed by atoms with van der Waals surface area (Å²) >= 11 is 5.87. The van der Waals surface area contributed by atoms with E-state index in [9.17, 15) is 19.6 Å². The molecule has 0 aliphatic rings. The summed E-state index contributed by atoms with van der Waals surface area (Å²) in [4.78, 5) is 36.3. The molecule has 0 aliphatic carbocycles. The third-order valence-corrected chi connectivity index (χ3v) is 4.70.